The van der Waals surface area contributed by atoms with E-state index in [1.54, 1.807) is 30.3 Å². The number of pyridine rings is 1. The van der Waals surface area contributed by atoms with E-state index in [9.17, 15) is 9.59 Å². The third kappa shape index (κ3) is 1.84. The molecular formula is C13H8ClN3O2. The van der Waals surface area contributed by atoms with Crippen LogP contribution < -0.4 is 11.2 Å². The summed E-state index contributed by atoms with van der Waals surface area (Å²) < 4.78 is 1.06. The van der Waals surface area contributed by atoms with Crippen LogP contribution in [0.5, 0.6) is 0 Å². The number of hydrogen-bond acceptors (Lipinski definition) is 3. The molecule has 0 amide bonds. The number of nitrogens with zero attached hydrogens (tertiary/aromatic N) is 2. The van der Waals surface area contributed by atoms with E-state index in [1.807, 2.05) is 0 Å². The first-order valence-electron chi connectivity index (χ1n) is 5.52. The van der Waals surface area contributed by atoms with E-state index < -0.39 is 11.2 Å². The van der Waals surface area contributed by atoms with Crippen LogP contribution in [0.15, 0.2) is 52.3 Å². The van der Waals surface area contributed by atoms with Gasteiger partial charge in [0.05, 0.1) is 21.6 Å². The van der Waals surface area contributed by atoms with Gasteiger partial charge in [0.25, 0.3) is 5.56 Å². The second-order valence-corrected chi connectivity index (χ2v) is 4.35. The standard InChI is InChI=1S/C13H8ClN3O2/c14-10-3-1-2-9-11(10)16-13(19)17(12(9)18)8-4-6-15-7-5-8/h1-7H,(H,16,19). The van der Waals surface area contributed by atoms with E-state index in [0.29, 0.717) is 21.6 Å². The Morgan fingerprint density at radius 1 is 1.11 bits per heavy atom. The molecule has 0 aliphatic rings. The number of aromatic nitrogens is 3. The third-order valence-corrected chi connectivity index (χ3v) is 3.12. The van der Waals surface area contributed by atoms with Gasteiger partial charge in [-0.15, -0.1) is 0 Å². The minimum absolute atomic E-state index is 0.341. The first kappa shape index (κ1) is 11.7. The van der Waals surface area contributed by atoms with Gasteiger partial charge in [0.2, 0.25) is 0 Å². The van der Waals surface area contributed by atoms with Gasteiger partial charge < -0.3 is 4.98 Å². The summed E-state index contributed by atoms with van der Waals surface area (Å²) in [7, 11) is 0. The molecule has 5 nitrogen and oxygen atoms in total. The van der Waals surface area contributed by atoms with E-state index in [2.05, 4.69) is 9.97 Å². The summed E-state index contributed by atoms with van der Waals surface area (Å²) in [6.45, 7) is 0. The smallest absolute Gasteiger partial charge is 0.305 e. The van der Waals surface area contributed by atoms with Gasteiger partial charge in [-0.2, -0.15) is 0 Å². The Balaban J connectivity index is 2.47. The zero-order valence-electron chi connectivity index (χ0n) is 9.63. The Kier molecular flexibility index (Phi) is 2.68. The van der Waals surface area contributed by atoms with Crippen molar-refractivity contribution in [2.45, 2.75) is 0 Å². The largest absolute Gasteiger partial charge is 0.333 e. The maximum atomic E-state index is 12.4. The molecule has 94 valence electrons. The van der Waals surface area contributed by atoms with Crippen LogP contribution in [-0.4, -0.2) is 14.5 Å². The first-order chi connectivity index (χ1) is 9.18. The van der Waals surface area contributed by atoms with Gasteiger partial charge in [-0.3, -0.25) is 9.78 Å². The quantitative estimate of drug-likeness (QED) is 0.734. The molecule has 2 aromatic heterocycles. The maximum Gasteiger partial charge on any atom is 0.333 e. The average molecular weight is 274 g/mol. The van der Waals surface area contributed by atoms with Crippen molar-refractivity contribution in [1.82, 2.24) is 14.5 Å². The zero-order valence-corrected chi connectivity index (χ0v) is 10.4. The van der Waals surface area contributed by atoms with Crippen LogP contribution >= 0.6 is 11.6 Å². The normalized spacial score (nSPS) is 10.8. The van der Waals surface area contributed by atoms with Crippen molar-refractivity contribution >= 4 is 22.5 Å². The topological polar surface area (TPSA) is 67.8 Å². The van der Waals surface area contributed by atoms with Gasteiger partial charge in [-0.05, 0) is 24.3 Å². The summed E-state index contributed by atoms with van der Waals surface area (Å²) in [5, 5.41) is 0.706. The summed E-state index contributed by atoms with van der Waals surface area (Å²) in [6.07, 6.45) is 3.03. The number of nitrogens with one attached hydrogen (secondary N) is 1. The fourth-order valence-corrected chi connectivity index (χ4v) is 2.15. The summed E-state index contributed by atoms with van der Waals surface area (Å²) in [5.74, 6) is 0. The number of para-hydroxylation sites is 1. The molecule has 0 aliphatic heterocycles. The number of benzene rings is 1. The predicted molar refractivity (Wildman–Crippen MR) is 73.0 cm³/mol. The van der Waals surface area contributed by atoms with Crippen molar-refractivity contribution in [1.29, 1.82) is 0 Å². The van der Waals surface area contributed by atoms with Crippen molar-refractivity contribution in [3.8, 4) is 5.69 Å². The Morgan fingerprint density at radius 3 is 2.58 bits per heavy atom. The van der Waals surface area contributed by atoms with Crippen LogP contribution in [0.1, 0.15) is 0 Å². The monoisotopic (exact) mass is 273 g/mol. The van der Waals surface area contributed by atoms with Crippen molar-refractivity contribution in [2.75, 3.05) is 0 Å². The summed E-state index contributed by atoms with van der Waals surface area (Å²) in [4.78, 5) is 30.9. The molecule has 0 fully saturated rings. The van der Waals surface area contributed by atoms with Gasteiger partial charge in [-0.1, -0.05) is 17.7 Å². The molecular weight excluding hydrogens is 266 g/mol. The molecule has 3 aromatic rings. The van der Waals surface area contributed by atoms with Gasteiger partial charge >= 0.3 is 5.69 Å². The molecule has 0 saturated carbocycles. The van der Waals surface area contributed by atoms with Crippen LogP contribution in [0.2, 0.25) is 5.02 Å². The lowest BCUT2D eigenvalue weighted by Gasteiger charge is -2.06. The van der Waals surface area contributed by atoms with Crippen molar-refractivity contribution < 1.29 is 0 Å². The maximum absolute atomic E-state index is 12.4. The van der Waals surface area contributed by atoms with E-state index in [0.717, 1.165) is 4.57 Å². The molecule has 0 atom stereocenters. The number of aromatic amines is 1. The zero-order chi connectivity index (χ0) is 13.4. The molecule has 0 radical (unpaired) electrons. The number of H-pyrrole nitrogens is 1. The highest BCUT2D eigenvalue weighted by Crippen LogP contribution is 2.17. The molecule has 1 aromatic carbocycles. The fourth-order valence-electron chi connectivity index (χ4n) is 1.93. The molecule has 1 N–H and O–H groups in total. The van der Waals surface area contributed by atoms with Crippen LogP contribution in [0.25, 0.3) is 16.6 Å². The first-order valence-corrected chi connectivity index (χ1v) is 5.90. The van der Waals surface area contributed by atoms with Crippen molar-refractivity contribution in [3.05, 3.63) is 68.6 Å². The fraction of sp³-hybridized carbons (Fsp3) is 0. The summed E-state index contributed by atoms with van der Waals surface area (Å²) in [6, 6.07) is 8.09. The van der Waals surface area contributed by atoms with Gasteiger partial charge in [-0.25, -0.2) is 9.36 Å². The highest BCUT2D eigenvalue weighted by molar-refractivity contribution is 6.34. The number of rotatable bonds is 1. The Bertz CT molecular complexity index is 868. The molecule has 19 heavy (non-hydrogen) atoms. The van der Waals surface area contributed by atoms with Crippen molar-refractivity contribution in [2.24, 2.45) is 0 Å². The lowest BCUT2D eigenvalue weighted by Crippen LogP contribution is -2.33. The minimum atomic E-state index is -0.531. The molecule has 2 heterocycles. The summed E-state index contributed by atoms with van der Waals surface area (Å²) in [5.41, 5.74) is -0.128. The van der Waals surface area contributed by atoms with E-state index >= 15 is 0 Å². The molecule has 0 unspecified atom stereocenters. The average Bonchev–Trinajstić information content (AvgIpc) is 2.41. The number of hydrogen-bond donors (Lipinski definition) is 1. The second-order valence-electron chi connectivity index (χ2n) is 3.94. The summed E-state index contributed by atoms with van der Waals surface area (Å²) >= 11 is 5.97. The van der Waals surface area contributed by atoms with E-state index in [1.165, 1.54) is 12.4 Å². The molecule has 3 rings (SSSR count). The van der Waals surface area contributed by atoms with Gasteiger partial charge in [0, 0.05) is 12.4 Å². The number of halogens is 1. The molecule has 0 spiro atoms. The number of fused-ring (bicyclic) bond motifs is 1. The van der Waals surface area contributed by atoms with E-state index in [-0.39, 0.29) is 0 Å². The molecule has 6 heteroatoms. The lowest BCUT2D eigenvalue weighted by molar-refractivity contribution is 0.898. The highest BCUT2D eigenvalue weighted by atomic mass is 35.5. The Morgan fingerprint density at radius 2 is 1.84 bits per heavy atom. The minimum Gasteiger partial charge on any atom is -0.305 e. The van der Waals surface area contributed by atoms with Crippen LogP contribution in [0.4, 0.5) is 0 Å². The van der Waals surface area contributed by atoms with Crippen LogP contribution in [0.3, 0.4) is 0 Å². The van der Waals surface area contributed by atoms with Crippen LogP contribution in [-0.2, 0) is 0 Å². The van der Waals surface area contributed by atoms with Gasteiger partial charge in [0.15, 0.2) is 0 Å². The van der Waals surface area contributed by atoms with Crippen molar-refractivity contribution in [3.63, 3.8) is 0 Å². The Hall–Kier alpha value is -2.40. The SMILES string of the molecule is O=c1[nH]c2c(Cl)cccc2c(=O)n1-c1ccncc1. The third-order valence-electron chi connectivity index (χ3n) is 2.80. The molecule has 0 bridgehead atoms. The molecule has 0 aliphatic carbocycles. The van der Waals surface area contributed by atoms with Crippen LogP contribution in [0, 0.1) is 0 Å². The predicted octanol–water partition coefficient (Wildman–Crippen LogP) is 1.73. The molecule has 0 saturated heterocycles. The Labute approximate surface area is 112 Å². The van der Waals surface area contributed by atoms with Gasteiger partial charge in [0.1, 0.15) is 0 Å². The lowest BCUT2D eigenvalue weighted by atomic mass is 10.2. The van der Waals surface area contributed by atoms with E-state index in [4.69, 9.17) is 11.6 Å². The second kappa shape index (κ2) is 4.37. The highest BCUT2D eigenvalue weighted by Gasteiger charge is 2.10.